The Morgan fingerprint density at radius 2 is 1.92 bits per heavy atom. The smallest absolute Gasteiger partial charge is 0.306 e. The predicted molar refractivity (Wildman–Crippen MR) is 104 cm³/mol. The van der Waals surface area contributed by atoms with Crippen LogP contribution in [0.15, 0.2) is 42.5 Å². The minimum Gasteiger partial charge on any atom is -0.462 e. The fourth-order valence-corrected chi connectivity index (χ4v) is 4.51. The molecule has 2 aliphatic rings. The number of hydrogen-bond donors (Lipinski definition) is 1. The highest BCUT2D eigenvalue weighted by Crippen LogP contribution is 2.40. The van der Waals surface area contributed by atoms with Crippen molar-refractivity contribution in [1.29, 1.82) is 0 Å². The van der Waals surface area contributed by atoms with Crippen LogP contribution in [0, 0.1) is 11.8 Å². The monoisotopic (exact) mass is 356 g/mol. The predicted octanol–water partition coefficient (Wildman–Crippen LogP) is 4.83. The normalized spacial score (nSPS) is 30.4. The number of carbonyl (C=O) groups excluding carboxylic acids is 1. The highest BCUT2D eigenvalue weighted by Gasteiger charge is 2.43. The maximum atomic E-state index is 12.0. The van der Waals surface area contributed by atoms with E-state index in [2.05, 4.69) is 42.5 Å². The summed E-state index contributed by atoms with van der Waals surface area (Å²) in [6, 6.07) is 10.6. The van der Waals surface area contributed by atoms with E-state index >= 15 is 0 Å². The molecule has 0 spiro atoms. The van der Waals surface area contributed by atoms with Crippen LogP contribution in [0.2, 0.25) is 0 Å². The fraction of sp³-hybridized carbons (Fsp3) is 0.609. The number of carbonyl (C=O) groups is 1. The van der Waals surface area contributed by atoms with Gasteiger partial charge in [-0.3, -0.25) is 4.79 Å². The summed E-state index contributed by atoms with van der Waals surface area (Å²) >= 11 is 0. The SMILES string of the molecule is O=C1CCC/C=C\C[C@@H]2[C@@H](CCCCCc3ccccc3)[C@H](O)C[C@@H]2O1. The van der Waals surface area contributed by atoms with Gasteiger partial charge in [-0.1, -0.05) is 55.3 Å². The molecule has 1 aliphatic carbocycles. The number of rotatable bonds is 6. The third kappa shape index (κ3) is 5.44. The molecule has 1 fully saturated rings. The molecule has 0 saturated heterocycles. The van der Waals surface area contributed by atoms with Gasteiger partial charge in [0.2, 0.25) is 0 Å². The zero-order valence-electron chi connectivity index (χ0n) is 15.7. The Balaban J connectivity index is 1.48. The lowest BCUT2D eigenvalue weighted by molar-refractivity contribution is -0.151. The van der Waals surface area contributed by atoms with Gasteiger partial charge in [0, 0.05) is 18.8 Å². The number of benzene rings is 1. The summed E-state index contributed by atoms with van der Waals surface area (Å²) in [6.45, 7) is 0. The Hall–Kier alpha value is -1.61. The topological polar surface area (TPSA) is 46.5 Å². The van der Waals surface area contributed by atoms with Crippen molar-refractivity contribution in [2.45, 2.75) is 76.4 Å². The molecule has 4 atom stereocenters. The molecular formula is C23H32O3. The lowest BCUT2D eigenvalue weighted by atomic mass is 9.86. The van der Waals surface area contributed by atoms with E-state index in [1.54, 1.807) is 0 Å². The molecule has 3 rings (SSSR count). The molecule has 0 amide bonds. The molecule has 0 aromatic heterocycles. The molecule has 0 radical (unpaired) electrons. The summed E-state index contributed by atoms with van der Waals surface area (Å²) in [6.07, 6.45) is 13.5. The molecule has 0 bridgehead atoms. The van der Waals surface area contributed by atoms with Gasteiger partial charge in [0.1, 0.15) is 6.10 Å². The zero-order chi connectivity index (χ0) is 18.2. The van der Waals surface area contributed by atoms with Gasteiger partial charge in [-0.05, 0) is 50.0 Å². The maximum absolute atomic E-state index is 12.0. The standard InChI is InChI=1S/C23H32O3/c24-21-17-22-20(15-8-1-2-10-16-23(25)26-22)19(21)14-9-4-7-13-18-11-5-3-6-12-18/h1,3,5-6,8,11-12,19-22,24H,2,4,7,9-10,13-17H2/b8-1-/t19-,20-,21-,22+/m1/s1. The number of fused-ring (bicyclic) bond motifs is 1. The Morgan fingerprint density at radius 1 is 1.08 bits per heavy atom. The summed E-state index contributed by atoms with van der Waals surface area (Å²) in [5, 5.41) is 10.5. The Kier molecular flexibility index (Phi) is 7.31. The van der Waals surface area contributed by atoms with Crippen molar-refractivity contribution in [2.75, 3.05) is 0 Å². The summed E-state index contributed by atoms with van der Waals surface area (Å²) in [5.41, 5.74) is 1.40. The second kappa shape index (κ2) is 9.91. The molecule has 3 nitrogen and oxygen atoms in total. The molecular weight excluding hydrogens is 324 g/mol. The molecule has 1 N–H and O–H groups in total. The number of ether oxygens (including phenoxy) is 1. The van der Waals surface area contributed by atoms with E-state index < -0.39 is 0 Å². The molecule has 0 unspecified atom stereocenters. The van der Waals surface area contributed by atoms with E-state index in [0.717, 1.165) is 38.5 Å². The summed E-state index contributed by atoms with van der Waals surface area (Å²) in [4.78, 5) is 12.0. The van der Waals surface area contributed by atoms with Crippen molar-refractivity contribution in [3.63, 3.8) is 0 Å². The summed E-state index contributed by atoms with van der Waals surface area (Å²) in [5.74, 6) is 0.442. The molecule has 1 saturated carbocycles. The molecule has 1 aromatic rings. The molecule has 3 heteroatoms. The molecule has 1 heterocycles. The fourth-order valence-electron chi connectivity index (χ4n) is 4.51. The van der Waals surface area contributed by atoms with E-state index in [0.29, 0.717) is 12.8 Å². The number of aryl methyl sites for hydroxylation is 1. The zero-order valence-corrected chi connectivity index (χ0v) is 15.7. The van der Waals surface area contributed by atoms with Crippen molar-refractivity contribution in [2.24, 2.45) is 11.8 Å². The highest BCUT2D eigenvalue weighted by atomic mass is 16.5. The third-order valence-corrected chi connectivity index (χ3v) is 5.95. The van der Waals surface area contributed by atoms with Crippen LogP contribution in [0.3, 0.4) is 0 Å². The van der Waals surface area contributed by atoms with Gasteiger partial charge in [0.05, 0.1) is 6.10 Å². The Labute approximate surface area is 157 Å². The van der Waals surface area contributed by atoms with E-state index in [-0.39, 0.29) is 30.0 Å². The van der Waals surface area contributed by atoms with E-state index in [4.69, 9.17) is 4.74 Å². The first-order valence-electron chi connectivity index (χ1n) is 10.3. The first kappa shape index (κ1) is 19.2. The average molecular weight is 357 g/mol. The van der Waals surface area contributed by atoms with Crippen LogP contribution in [0.4, 0.5) is 0 Å². The van der Waals surface area contributed by atoms with Crippen molar-refractivity contribution in [1.82, 2.24) is 0 Å². The second-order valence-corrected chi connectivity index (χ2v) is 7.84. The first-order valence-corrected chi connectivity index (χ1v) is 10.3. The van der Waals surface area contributed by atoms with Crippen molar-refractivity contribution in [3.05, 3.63) is 48.0 Å². The van der Waals surface area contributed by atoms with Gasteiger partial charge in [0.25, 0.3) is 0 Å². The van der Waals surface area contributed by atoms with Gasteiger partial charge >= 0.3 is 5.97 Å². The number of allylic oxidation sites excluding steroid dienone is 2. The number of aliphatic hydroxyl groups is 1. The Bertz CT molecular complexity index is 580. The van der Waals surface area contributed by atoms with Gasteiger partial charge in [0.15, 0.2) is 0 Å². The largest absolute Gasteiger partial charge is 0.462 e. The van der Waals surface area contributed by atoms with Crippen LogP contribution in [-0.2, 0) is 16.0 Å². The molecule has 142 valence electrons. The quantitative estimate of drug-likeness (QED) is 0.451. The van der Waals surface area contributed by atoms with Crippen LogP contribution in [-0.4, -0.2) is 23.3 Å². The third-order valence-electron chi connectivity index (χ3n) is 5.95. The Morgan fingerprint density at radius 3 is 2.77 bits per heavy atom. The minimum atomic E-state index is -0.332. The lowest BCUT2D eigenvalue weighted by Crippen LogP contribution is -2.26. The second-order valence-electron chi connectivity index (χ2n) is 7.84. The van der Waals surface area contributed by atoms with Crippen LogP contribution in [0.1, 0.15) is 63.4 Å². The molecule has 26 heavy (non-hydrogen) atoms. The van der Waals surface area contributed by atoms with E-state index in [1.165, 1.54) is 18.4 Å². The van der Waals surface area contributed by atoms with Crippen LogP contribution >= 0.6 is 0 Å². The van der Waals surface area contributed by atoms with Gasteiger partial charge in [-0.2, -0.15) is 0 Å². The van der Waals surface area contributed by atoms with Gasteiger partial charge in [-0.25, -0.2) is 0 Å². The molecule has 1 aliphatic heterocycles. The number of hydrogen-bond acceptors (Lipinski definition) is 3. The average Bonchev–Trinajstić information content (AvgIpc) is 2.93. The first-order chi connectivity index (χ1) is 12.7. The van der Waals surface area contributed by atoms with Gasteiger partial charge < -0.3 is 9.84 Å². The van der Waals surface area contributed by atoms with Crippen molar-refractivity contribution >= 4 is 5.97 Å². The van der Waals surface area contributed by atoms with Gasteiger partial charge in [-0.15, -0.1) is 0 Å². The lowest BCUT2D eigenvalue weighted by Gasteiger charge is -2.25. The number of aliphatic hydroxyl groups excluding tert-OH is 1. The minimum absolute atomic E-state index is 0.0917. The van der Waals surface area contributed by atoms with Crippen LogP contribution < -0.4 is 0 Å². The number of unbranched alkanes of at least 4 members (excludes halogenated alkanes) is 2. The van der Waals surface area contributed by atoms with E-state index in [9.17, 15) is 9.90 Å². The van der Waals surface area contributed by atoms with Crippen LogP contribution in [0.5, 0.6) is 0 Å². The summed E-state index contributed by atoms with van der Waals surface area (Å²) < 4.78 is 5.70. The molecule has 1 aromatic carbocycles. The number of esters is 1. The summed E-state index contributed by atoms with van der Waals surface area (Å²) in [7, 11) is 0. The van der Waals surface area contributed by atoms with Crippen LogP contribution in [0.25, 0.3) is 0 Å². The van der Waals surface area contributed by atoms with Crippen molar-refractivity contribution in [3.8, 4) is 0 Å². The van der Waals surface area contributed by atoms with E-state index in [1.807, 2.05) is 0 Å². The highest BCUT2D eigenvalue weighted by molar-refractivity contribution is 5.69. The van der Waals surface area contributed by atoms with Crippen molar-refractivity contribution < 1.29 is 14.6 Å². The maximum Gasteiger partial charge on any atom is 0.306 e.